The summed E-state index contributed by atoms with van der Waals surface area (Å²) in [7, 11) is 0. The van der Waals surface area contributed by atoms with E-state index in [2.05, 4.69) is 5.32 Å². The molecule has 2 amide bonds. The minimum Gasteiger partial charge on any atom is -0.454 e. The average molecular weight is 425 g/mol. The minimum absolute atomic E-state index is 0.0509. The number of carbonyl (C=O) groups excluding carboxylic acids is 2. The van der Waals surface area contributed by atoms with E-state index in [0.29, 0.717) is 25.1 Å². The topological polar surface area (TPSA) is 67.9 Å². The number of amides is 2. The van der Waals surface area contributed by atoms with Gasteiger partial charge in [-0.15, -0.1) is 0 Å². The first-order chi connectivity index (χ1) is 14.9. The zero-order valence-corrected chi connectivity index (χ0v) is 18.8. The van der Waals surface area contributed by atoms with Crippen LogP contribution >= 0.6 is 0 Å². The van der Waals surface area contributed by atoms with Crippen LogP contribution in [-0.4, -0.2) is 35.6 Å². The molecule has 6 heteroatoms. The van der Waals surface area contributed by atoms with E-state index in [1.165, 1.54) is 0 Å². The normalized spacial score (nSPS) is 14.1. The Balaban J connectivity index is 1.71. The maximum absolute atomic E-state index is 13.2. The summed E-state index contributed by atoms with van der Waals surface area (Å²) >= 11 is 0. The van der Waals surface area contributed by atoms with E-state index in [-0.39, 0.29) is 24.6 Å². The van der Waals surface area contributed by atoms with Crippen molar-refractivity contribution in [2.75, 3.05) is 6.79 Å². The van der Waals surface area contributed by atoms with Gasteiger partial charge in [-0.1, -0.05) is 42.8 Å². The second-order valence-corrected chi connectivity index (χ2v) is 8.19. The molecule has 0 saturated heterocycles. The summed E-state index contributed by atoms with van der Waals surface area (Å²) in [5.74, 6) is 1.26. The molecule has 31 heavy (non-hydrogen) atoms. The quantitative estimate of drug-likeness (QED) is 0.661. The van der Waals surface area contributed by atoms with E-state index in [4.69, 9.17) is 9.47 Å². The van der Waals surface area contributed by atoms with E-state index in [1.54, 1.807) is 11.8 Å². The highest BCUT2D eigenvalue weighted by Crippen LogP contribution is 2.32. The zero-order chi connectivity index (χ0) is 22.4. The van der Waals surface area contributed by atoms with Crippen molar-refractivity contribution < 1.29 is 19.1 Å². The molecule has 0 aliphatic carbocycles. The molecule has 1 N–H and O–H groups in total. The molecule has 0 spiro atoms. The van der Waals surface area contributed by atoms with Gasteiger partial charge < -0.3 is 19.7 Å². The van der Waals surface area contributed by atoms with Crippen molar-refractivity contribution in [3.05, 3.63) is 59.2 Å². The van der Waals surface area contributed by atoms with E-state index in [1.807, 2.05) is 63.2 Å². The molecule has 6 nitrogen and oxygen atoms in total. The van der Waals surface area contributed by atoms with Gasteiger partial charge in [-0.3, -0.25) is 9.59 Å². The summed E-state index contributed by atoms with van der Waals surface area (Å²) in [4.78, 5) is 27.7. The summed E-state index contributed by atoms with van der Waals surface area (Å²) in [6, 6.07) is 13.3. The lowest BCUT2D eigenvalue weighted by atomic mass is 10.1. The van der Waals surface area contributed by atoms with Crippen LogP contribution in [0.1, 0.15) is 50.3 Å². The van der Waals surface area contributed by atoms with Crippen LogP contribution in [0.4, 0.5) is 0 Å². The van der Waals surface area contributed by atoms with Crippen LogP contribution in [0, 0.1) is 6.92 Å². The summed E-state index contributed by atoms with van der Waals surface area (Å²) in [5.41, 5.74) is 3.17. The van der Waals surface area contributed by atoms with Gasteiger partial charge >= 0.3 is 0 Å². The monoisotopic (exact) mass is 424 g/mol. The van der Waals surface area contributed by atoms with Gasteiger partial charge in [0.15, 0.2) is 11.5 Å². The maximum atomic E-state index is 13.2. The van der Waals surface area contributed by atoms with Crippen molar-refractivity contribution in [1.29, 1.82) is 0 Å². The lowest BCUT2D eigenvalue weighted by Gasteiger charge is -2.30. The van der Waals surface area contributed by atoms with Crippen LogP contribution < -0.4 is 14.8 Å². The van der Waals surface area contributed by atoms with Crippen LogP contribution in [0.5, 0.6) is 11.5 Å². The fraction of sp³-hybridized carbons (Fsp3) is 0.440. The number of nitrogens with zero attached hydrogens (tertiary/aromatic N) is 1. The number of nitrogens with one attached hydrogen (secondary N) is 1. The standard InChI is InChI=1S/C25H32N2O4/c1-5-18(3)26-25(29)19(4)27(15-21-8-6-17(2)7-9-21)24(28)13-11-20-10-12-22-23(14-20)31-16-30-22/h6-10,12,14,18-19H,5,11,13,15-16H2,1-4H3,(H,26,29)/t18-,19-/m0/s1. The first kappa shape index (κ1) is 22.7. The Morgan fingerprint density at radius 2 is 1.71 bits per heavy atom. The largest absolute Gasteiger partial charge is 0.454 e. The number of benzene rings is 2. The Morgan fingerprint density at radius 1 is 1.03 bits per heavy atom. The molecule has 1 aliphatic heterocycles. The van der Waals surface area contributed by atoms with Crippen molar-refractivity contribution in [3.63, 3.8) is 0 Å². The fourth-order valence-corrected chi connectivity index (χ4v) is 3.43. The van der Waals surface area contributed by atoms with E-state index in [9.17, 15) is 9.59 Å². The molecule has 1 aliphatic rings. The first-order valence-electron chi connectivity index (χ1n) is 10.9. The van der Waals surface area contributed by atoms with Crippen LogP contribution in [0.25, 0.3) is 0 Å². The number of ether oxygens (including phenoxy) is 2. The van der Waals surface area contributed by atoms with Crippen LogP contribution in [0.15, 0.2) is 42.5 Å². The number of rotatable bonds is 9. The summed E-state index contributed by atoms with van der Waals surface area (Å²) in [6.07, 6.45) is 1.72. The molecule has 0 saturated carbocycles. The summed E-state index contributed by atoms with van der Waals surface area (Å²) in [6.45, 7) is 8.44. The molecule has 2 aromatic rings. The second-order valence-electron chi connectivity index (χ2n) is 8.19. The number of carbonyl (C=O) groups is 2. The minimum atomic E-state index is -0.556. The first-order valence-corrected chi connectivity index (χ1v) is 10.9. The van der Waals surface area contributed by atoms with Gasteiger partial charge in [0.1, 0.15) is 6.04 Å². The highest BCUT2D eigenvalue weighted by atomic mass is 16.7. The number of hydrogen-bond acceptors (Lipinski definition) is 4. The average Bonchev–Trinajstić information content (AvgIpc) is 3.24. The molecule has 166 valence electrons. The molecule has 1 heterocycles. The lowest BCUT2D eigenvalue weighted by Crippen LogP contribution is -2.49. The predicted octanol–water partition coefficient (Wildman–Crippen LogP) is 3.99. The van der Waals surface area contributed by atoms with E-state index in [0.717, 1.165) is 28.9 Å². The molecule has 2 atom stereocenters. The highest BCUT2D eigenvalue weighted by molar-refractivity contribution is 5.87. The van der Waals surface area contributed by atoms with E-state index >= 15 is 0 Å². The molecule has 0 aromatic heterocycles. The molecule has 0 fully saturated rings. The van der Waals surface area contributed by atoms with Crippen molar-refractivity contribution in [2.45, 2.75) is 65.6 Å². The Kier molecular flexibility index (Phi) is 7.55. The summed E-state index contributed by atoms with van der Waals surface area (Å²) in [5, 5.41) is 3.00. The Hall–Kier alpha value is -3.02. The molecule has 0 unspecified atom stereocenters. The van der Waals surface area contributed by atoms with Gasteiger partial charge in [0.25, 0.3) is 0 Å². The van der Waals surface area contributed by atoms with Crippen molar-refractivity contribution in [2.24, 2.45) is 0 Å². The molecule has 3 rings (SSSR count). The van der Waals surface area contributed by atoms with Crippen LogP contribution in [-0.2, 0) is 22.6 Å². The Bertz CT molecular complexity index is 910. The van der Waals surface area contributed by atoms with Gasteiger partial charge in [0, 0.05) is 19.0 Å². The molecular formula is C25H32N2O4. The molecule has 2 aromatic carbocycles. The van der Waals surface area contributed by atoms with Crippen LogP contribution in [0.2, 0.25) is 0 Å². The molecule has 0 radical (unpaired) electrons. The summed E-state index contributed by atoms with van der Waals surface area (Å²) < 4.78 is 10.8. The van der Waals surface area contributed by atoms with Crippen molar-refractivity contribution in [1.82, 2.24) is 10.2 Å². The van der Waals surface area contributed by atoms with Crippen LogP contribution in [0.3, 0.4) is 0 Å². The number of fused-ring (bicyclic) bond motifs is 1. The third-order valence-corrected chi connectivity index (χ3v) is 5.71. The van der Waals surface area contributed by atoms with Gasteiger partial charge in [0.2, 0.25) is 18.6 Å². The van der Waals surface area contributed by atoms with Gasteiger partial charge in [-0.2, -0.15) is 0 Å². The second kappa shape index (κ2) is 10.3. The van der Waals surface area contributed by atoms with Gasteiger partial charge in [0.05, 0.1) is 0 Å². The number of aryl methyl sites for hydroxylation is 2. The smallest absolute Gasteiger partial charge is 0.242 e. The van der Waals surface area contributed by atoms with Gasteiger partial charge in [-0.05, 0) is 56.9 Å². The SMILES string of the molecule is CC[C@H](C)NC(=O)[C@H](C)N(Cc1ccc(C)cc1)C(=O)CCc1ccc2c(c1)OCO2. The Morgan fingerprint density at radius 3 is 2.42 bits per heavy atom. The Labute approximate surface area is 184 Å². The molecule has 0 bridgehead atoms. The predicted molar refractivity (Wildman–Crippen MR) is 120 cm³/mol. The third kappa shape index (κ3) is 6.00. The van der Waals surface area contributed by atoms with E-state index < -0.39 is 6.04 Å². The highest BCUT2D eigenvalue weighted by Gasteiger charge is 2.26. The third-order valence-electron chi connectivity index (χ3n) is 5.71. The lowest BCUT2D eigenvalue weighted by molar-refractivity contribution is -0.140. The van der Waals surface area contributed by atoms with Crippen molar-refractivity contribution in [3.8, 4) is 11.5 Å². The number of hydrogen-bond donors (Lipinski definition) is 1. The van der Waals surface area contributed by atoms with Gasteiger partial charge in [-0.25, -0.2) is 0 Å². The maximum Gasteiger partial charge on any atom is 0.242 e. The van der Waals surface area contributed by atoms with Crippen molar-refractivity contribution >= 4 is 11.8 Å². The molecular weight excluding hydrogens is 392 g/mol. The fourth-order valence-electron chi connectivity index (χ4n) is 3.43. The zero-order valence-electron chi connectivity index (χ0n) is 18.8.